The lowest BCUT2D eigenvalue weighted by Crippen LogP contribution is -2.14. The van der Waals surface area contributed by atoms with Crippen molar-refractivity contribution in [3.05, 3.63) is 175 Å². The van der Waals surface area contributed by atoms with Gasteiger partial charge in [-0.3, -0.25) is 4.98 Å². The fourth-order valence-electron chi connectivity index (χ4n) is 7.48. The molecular formula is C44H29N5O. The minimum Gasteiger partial charge on any atom is -0.484 e. The van der Waals surface area contributed by atoms with Crippen LogP contribution in [0.2, 0.25) is 0 Å². The fraction of sp³-hybridized carbons (Fsp3) is 0.0455. The number of para-hydroxylation sites is 2. The van der Waals surface area contributed by atoms with E-state index in [0.29, 0.717) is 23.2 Å². The van der Waals surface area contributed by atoms with E-state index in [1.807, 2.05) is 30.3 Å². The van der Waals surface area contributed by atoms with Gasteiger partial charge in [0.25, 0.3) is 0 Å². The predicted octanol–water partition coefficient (Wildman–Crippen LogP) is 10.1. The standard InChI is InChI=1S/C44H29N5O/c1-3-13-28(14-4-1)29-15-11-16-30(27-29)42-46-43(48-44(47-42)35-21-9-10-26-45-35)34-20-12-23-38-39(34)33-24-25-37-40(41(33)50-38)32-19-7-8-22-36(32)49(37)31-17-5-2-6-18-31/h1-27,33,41H. The lowest BCUT2D eigenvalue weighted by Gasteiger charge is -2.22. The number of hydrogen-bond acceptors (Lipinski definition) is 5. The van der Waals surface area contributed by atoms with Crippen molar-refractivity contribution < 1.29 is 4.74 Å². The minimum absolute atomic E-state index is 0.0244. The van der Waals surface area contributed by atoms with Crippen LogP contribution in [0.1, 0.15) is 28.8 Å². The molecule has 0 N–H and O–H groups in total. The van der Waals surface area contributed by atoms with Gasteiger partial charge in [-0.05, 0) is 59.7 Å². The van der Waals surface area contributed by atoms with Crippen LogP contribution < -0.4 is 4.74 Å². The summed E-state index contributed by atoms with van der Waals surface area (Å²) in [6, 6.07) is 49.8. The second-order valence-electron chi connectivity index (χ2n) is 12.6. The lowest BCUT2D eigenvalue weighted by molar-refractivity contribution is 0.224. The quantitative estimate of drug-likeness (QED) is 0.187. The highest BCUT2D eigenvalue weighted by atomic mass is 16.5. The number of nitrogens with zero attached hydrogens (tertiary/aromatic N) is 5. The number of aromatic nitrogens is 5. The van der Waals surface area contributed by atoms with Crippen LogP contribution >= 0.6 is 0 Å². The molecule has 0 bridgehead atoms. The monoisotopic (exact) mass is 643 g/mol. The average Bonchev–Trinajstić information content (AvgIpc) is 3.75. The summed E-state index contributed by atoms with van der Waals surface area (Å²) in [7, 11) is 0. The Kier molecular flexibility index (Phi) is 6.52. The largest absolute Gasteiger partial charge is 0.484 e. The summed E-state index contributed by atoms with van der Waals surface area (Å²) in [5, 5.41) is 1.19. The number of ether oxygens (including phenoxy) is 1. The molecule has 8 aromatic rings. The highest BCUT2D eigenvalue weighted by Crippen LogP contribution is 2.55. The molecule has 0 saturated heterocycles. The van der Waals surface area contributed by atoms with Crippen LogP contribution in [0, 0.1) is 0 Å². The molecule has 0 fully saturated rings. The Morgan fingerprint density at radius 2 is 1.28 bits per heavy atom. The Bertz CT molecular complexity index is 2580. The first-order valence-electron chi connectivity index (χ1n) is 16.8. The van der Waals surface area contributed by atoms with Crippen LogP contribution in [0.3, 0.4) is 0 Å². The van der Waals surface area contributed by atoms with E-state index in [2.05, 4.69) is 137 Å². The highest BCUT2D eigenvalue weighted by Gasteiger charge is 2.42. The van der Waals surface area contributed by atoms with Gasteiger partial charge in [-0.1, -0.05) is 109 Å². The van der Waals surface area contributed by atoms with Gasteiger partial charge in [0.05, 0.1) is 11.2 Å². The topological polar surface area (TPSA) is 65.7 Å². The molecule has 5 aromatic carbocycles. The van der Waals surface area contributed by atoms with Crippen molar-refractivity contribution in [1.82, 2.24) is 24.5 Å². The van der Waals surface area contributed by atoms with Crippen molar-refractivity contribution in [1.29, 1.82) is 0 Å². The van der Waals surface area contributed by atoms with Gasteiger partial charge < -0.3 is 9.30 Å². The molecule has 4 heterocycles. The molecule has 0 amide bonds. The van der Waals surface area contributed by atoms with Crippen molar-refractivity contribution in [3.8, 4) is 56.9 Å². The van der Waals surface area contributed by atoms with E-state index >= 15 is 0 Å². The van der Waals surface area contributed by atoms with Gasteiger partial charge in [0.1, 0.15) is 17.5 Å². The van der Waals surface area contributed by atoms with Gasteiger partial charge in [0.15, 0.2) is 17.5 Å². The fourth-order valence-corrected chi connectivity index (χ4v) is 7.48. The molecule has 2 atom stereocenters. The van der Waals surface area contributed by atoms with Gasteiger partial charge in [-0.25, -0.2) is 15.0 Å². The number of benzene rings is 5. The Morgan fingerprint density at radius 1 is 0.560 bits per heavy atom. The zero-order valence-electron chi connectivity index (χ0n) is 26.9. The number of rotatable bonds is 5. The van der Waals surface area contributed by atoms with E-state index in [-0.39, 0.29) is 12.0 Å². The zero-order valence-corrected chi connectivity index (χ0v) is 26.9. The third-order valence-corrected chi connectivity index (χ3v) is 9.69. The normalized spacial score (nSPS) is 15.7. The third kappa shape index (κ3) is 4.57. The molecule has 2 unspecified atom stereocenters. The number of hydrogen-bond donors (Lipinski definition) is 0. The second kappa shape index (κ2) is 11.5. The molecule has 6 heteroatoms. The summed E-state index contributed by atoms with van der Waals surface area (Å²) in [5.74, 6) is 2.53. The van der Waals surface area contributed by atoms with Crippen LogP contribution in [0.15, 0.2) is 158 Å². The molecule has 1 aliphatic heterocycles. The SMILES string of the molecule is C1=CC2c3c(cccc3-c3nc(-c4cccc(-c5ccccc5)c4)nc(-c4ccccn4)n3)OC2c2c1n(-c1ccccc1)c1ccccc21. The van der Waals surface area contributed by atoms with E-state index in [9.17, 15) is 0 Å². The smallest absolute Gasteiger partial charge is 0.182 e. The molecule has 236 valence electrons. The molecule has 1 aliphatic carbocycles. The van der Waals surface area contributed by atoms with E-state index < -0.39 is 0 Å². The maximum absolute atomic E-state index is 6.90. The molecule has 10 rings (SSSR count). The molecule has 2 aliphatic rings. The van der Waals surface area contributed by atoms with Crippen molar-refractivity contribution >= 4 is 17.0 Å². The molecule has 3 aromatic heterocycles. The number of fused-ring (bicyclic) bond motifs is 7. The van der Waals surface area contributed by atoms with Crippen molar-refractivity contribution in [2.75, 3.05) is 0 Å². The van der Waals surface area contributed by atoms with Crippen LogP contribution in [-0.4, -0.2) is 24.5 Å². The Labute approximate surface area is 289 Å². The van der Waals surface area contributed by atoms with Gasteiger partial charge >= 0.3 is 0 Å². The Morgan fingerprint density at radius 3 is 2.14 bits per heavy atom. The van der Waals surface area contributed by atoms with Crippen LogP contribution in [0.5, 0.6) is 5.75 Å². The van der Waals surface area contributed by atoms with Crippen molar-refractivity contribution in [3.63, 3.8) is 0 Å². The predicted molar refractivity (Wildman–Crippen MR) is 198 cm³/mol. The first kappa shape index (κ1) is 28.4. The Balaban J connectivity index is 1.13. The summed E-state index contributed by atoms with van der Waals surface area (Å²) < 4.78 is 9.24. The maximum atomic E-state index is 6.90. The molecule has 0 saturated carbocycles. The first-order valence-corrected chi connectivity index (χ1v) is 16.8. The average molecular weight is 644 g/mol. The lowest BCUT2D eigenvalue weighted by atomic mass is 9.83. The van der Waals surface area contributed by atoms with Crippen molar-refractivity contribution in [2.45, 2.75) is 12.0 Å². The minimum atomic E-state index is -0.194. The van der Waals surface area contributed by atoms with Crippen LogP contribution in [-0.2, 0) is 0 Å². The molecular weight excluding hydrogens is 615 g/mol. The highest BCUT2D eigenvalue weighted by molar-refractivity contribution is 5.92. The summed E-state index contributed by atoms with van der Waals surface area (Å²) in [6.07, 6.45) is 6.11. The van der Waals surface area contributed by atoms with E-state index in [4.69, 9.17) is 19.7 Å². The molecule has 0 radical (unpaired) electrons. The zero-order chi connectivity index (χ0) is 33.0. The van der Waals surface area contributed by atoms with Gasteiger partial charge in [-0.15, -0.1) is 0 Å². The molecule has 50 heavy (non-hydrogen) atoms. The summed E-state index contributed by atoms with van der Waals surface area (Å²) in [5.41, 5.74) is 10.5. The van der Waals surface area contributed by atoms with Crippen molar-refractivity contribution in [2.24, 2.45) is 0 Å². The van der Waals surface area contributed by atoms with Crippen LogP contribution in [0.4, 0.5) is 0 Å². The van der Waals surface area contributed by atoms with E-state index in [1.54, 1.807) is 6.20 Å². The van der Waals surface area contributed by atoms with Gasteiger partial charge in [0, 0.05) is 45.4 Å². The maximum Gasteiger partial charge on any atom is 0.182 e. The van der Waals surface area contributed by atoms with Crippen LogP contribution in [0.25, 0.3) is 68.1 Å². The van der Waals surface area contributed by atoms with Gasteiger partial charge in [-0.2, -0.15) is 0 Å². The number of pyridine rings is 1. The van der Waals surface area contributed by atoms with Gasteiger partial charge in [0.2, 0.25) is 0 Å². The Hall–Kier alpha value is -6.66. The first-order chi connectivity index (χ1) is 24.8. The van der Waals surface area contributed by atoms with E-state index in [1.165, 1.54) is 10.9 Å². The summed E-state index contributed by atoms with van der Waals surface area (Å²) >= 11 is 0. The third-order valence-electron chi connectivity index (χ3n) is 9.69. The molecule has 0 spiro atoms. The van der Waals surface area contributed by atoms with E-state index in [0.717, 1.165) is 50.5 Å². The summed E-state index contributed by atoms with van der Waals surface area (Å²) in [4.78, 5) is 19.8. The summed E-state index contributed by atoms with van der Waals surface area (Å²) in [6.45, 7) is 0. The molecule has 6 nitrogen and oxygen atoms in total. The second-order valence-corrected chi connectivity index (χ2v) is 12.6.